The van der Waals surface area contributed by atoms with Crippen molar-refractivity contribution in [3.8, 4) is 0 Å². The Morgan fingerprint density at radius 1 is 1.47 bits per heavy atom. The molecule has 0 radical (unpaired) electrons. The number of alkyl halides is 1. The van der Waals surface area contributed by atoms with Crippen LogP contribution in [0.4, 0.5) is 4.39 Å². The van der Waals surface area contributed by atoms with E-state index >= 15 is 0 Å². The predicted octanol–water partition coefficient (Wildman–Crippen LogP) is 3.36. The van der Waals surface area contributed by atoms with Gasteiger partial charge < -0.3 is 5.11 Å². The standard InChI is InChI=1S/C11H21FO2S/c1-8(12)6-5-7-15-9(10(13)14)11(2,3)4/h8-9H,5-7H2,1-4H3,(H,13,14). The topological polar surface area (TPSA) is 37.3 Å². The van der Waals surface area contributed by atoms with Crippen LogP contribution in [0.15, 0.2) is 0 Å². The lowest BCUT2D eigenvalue weighted by Gasteiger charge is -2.26. The van der Waals surface area contributed by atoms with Gasteiger partial charge in [0.25, 0.3) is 0 Å². The normalized spacial score (nSPS) is 16.1. The minimum atomic E-state index is -0.788. The minimum absolute atomic E-state index is 0.252. The Labute approximate surface area is 95.6 Å². The van der Waals surface area contributed by atoms with Crippen LogP contribution in [0.25, 0.3) is 0 Å². The van der Waals surface area contributed by atoms with E-state index in [0.717, 1.165) is 6.42 Å². The number of carboxylic acids is 1. The smallest absolute Gasteiger partial charge is 0.317 e. The SMILES string of the molecule is CC(F)CCCSC(C(=O)O)C(C)(C)C. The Hall–Kier alpha value is -0.250. The predicted molar refractivity (Wildman–Crippen MR) is 63.1 cm³/mol. The van der Waals surface area contributed by atoms with Crippen molar-refractivity contribution in [3.63, 3.8) is 0 Å². The Morgan fingerprint density at radius 2 is 2.00 bits per heavy atom. The average Bonchev–Trinajstić information content (AvgIpc) is 1.99. The molecule has 15 heavy (non-hydrogen) atoms. The average molecular weight is 236 g/mol. The van der Waals surface area contributed by atoms with Crippen LogP contribution < -0.4 is 0 Å². The Balaban J connectivity index is 3.94. The fraction of sp³-hybridized carbons (Fsp3) is 0.909. The summed E-state index contributed by atoms with van der Waals surface area (Å²) >= 11 is 1.41. The second-order valence-electron chi connectivity index (χ2n) is 4.88. The van der Waals surface area contributed by atoms with Gasteiger partial charge >= 0.3 is 5.97 Å². The Kier molecular flexibility index (Phi) is 6.25. The molecular formula is C11H21FO2S. The number of halogens is 1. The fourth-order valence-electron chi connectivity index (χ4n) is 1.26. The first-order valence-corrected chi connectivity index (χ1v) is 6.28. The Bertz CT molecular complexity index is 199. The van der Waals surface area contributed by atoms with Gasteiger partial charge in [0.2, 0.25) is 0 Å². The fourth-order valence-corrected chi connectivity index (χ4v) is 2.47. The minimum Gasteiger partial charge on any atom is -0.480 e. The molecule has 0 heterocycles. The maximum atomic E-state index is 12.5. The molecule has 90 valence electrons. The van der Waals surface area contributed by atoms with Gasteiger partial charge in [0.1, 0.15) is 5.25 Å². The first-order valence-electron chi connectivity index (χ1n) is 5.23. The number of thioether (sulfide) groups is 1. The third-order valence-electron chi connectivity index (χ3n) is 2.04. The zero-order chi connectivity index (χ0) is 12.1. The van der Waals surface area contributed by atoms with Gasteiger partial charge in [0, 0.05) is 0 Å². The van der Waals surface area contributed by atoms with Crippen molar-refractivity contribution < 1.29 is 14.3 Å². The van der Waals surface area contributed by atoms with Gasteiger partial charge in [-0.1, -0.05) is 20.8 Å². The van der Waals surface area contributed by atoms with Gasteiger partial charge in [-0.05, 0) is 30.9 Å². The van der Waals surface area contributed by atoms with E-state index in [1.54, 1.807) is 0 Å². The molecule has 0 fully saturated rings. The van der Waals surface area contributed by atoms with Crippen LogP contribution in [0.5, 0.6) is 0 Å². The lowest BCUT2D eigenvalue weighted by atomic mass is 9.92. The van der Waals surface area contributed by atoms with Gasteiger partial charge in [0.05, 0.1) is 6.17 Å². The summed E-state index contributed by atoms with van der Waals surface area (Å²) in [6.45, 7) is 7.27. The van der Waals surface area contributed by atoms with Crippen LogP contribution in [0.2, 0.25) is 0 Å². The summed E-state index contributed by atoms with van der Waals surface area (Å²) in [4.78, 5) is 11.0. The van der Waals surface area contributed by atoms with Crippen molar-refractivity contribution in [1.82, 2.24) is 0 Å². The molecule has 2 atom stereocenters. The van der Waals surface area contributed by atoms with Crippen molar-refractivity contribution in [2.45, 2.75) is 52.0 Å². The van der Waals surface area contributed by atoms with E-state index in [1.165, 1.54) is 18.7 Å². The van der Waals surface area contributed by atoms with Crippen molar-refractivity contribution >= 4 is 17.7 Å². The van der Waals surface area contributed by atoms with E-state index in [4.69, 9.17) is 5.11 Å². The third-order valence-corrected chi connectivity index (χ3v) is 3.81. The van der Waals surface area contributed by atoms with Crippen LogP contribution >= 0.6 is 11.8 Å². The third kappa shape index (κ3) is 6.77. The van der Waals surface area contributed by atoms with Crippen molar-refractivity contribution in [1.29, 1.82) is 0 Å². The summed E-state index contributed by atoms with van der Waals surface area (Å²) in [7, 11) is 0. The summed E-state index contributed by atoms with van der Waals surface area (Å²) < 4.78 is 12.5. The number of rotatable bonds is 6. The quantitative estimate of drug-likeness (QED) is 0.718. The molecule has 2 nitrogen and oxygen atoms in total. The first-order chi connectivity index (χ1) is 6.75. The molecule has 0 spiro atoms. The zero-order valence-corrected chi connectivity index (χ0v) is 10.7. The van der Waals surface area contributed by atoms with Crippen LogP contribution in [0, 0.1) is 5.41 Å². The summed E-state index contributed by atoms with van der Waals surface area (Å²) in [6.07, 6.45) is 0.467. The molecule has 0 aliphatic heterocycles. The molecule has 1 N–H and O–H groups in total. The van der Waals surface area contributed by atoms with E-state index in [9.17, 15) is 9.18 Å². The van der Waals surface area contributed by atoms with Crippen molar-refractivity contribution in [2.75, 3.05) is 5.75 Å². The molecule has 2 unspecified atom stereocenters. The van der Waals surface area contributed by atoms with E-state index in [0.29, 0.717) is 12.2 Å². The highest BCUT2D eigenvalue weighted by atomic mass is 32.2. The van der Waals surface area contributed by atoms with Crippen LogP contribution in [-0.4, -0.2) is 28.3 Å². The summed E-state index contributed by atoms with van der Waals surface area (Å²) in [5.74, 6) is -0.0662. The molecule has 0 aromatic rings. The molecule has 0 aromatic heterocycles. The Morgan fingerprint density at radius 3 is 2.33 bits per heavy atom. The van der Waals surface area contributed by atoms with Crippen LogP contribution in [-0.2, 0) is 4.79 Å². The second kappa shape index (κ2) is 6.36. The number of aliphatic carboxylic acids is 1. The highest BCUT2D eigenvalue weighted by molar-refractivity contribution is 8.00. The highest BCUT2D eigenvalue weighted by Crippen LogP contribution is 2.31. The number of hydrogen-bond donors (Lipinski definition) is 1. The van der Waals surface area contributed by atoms with Crippen molar-refractivity contribution in [3.05, 3.63) is 0 Å². The van der Waals surface area contributed by atoms with Gasteiger partial charge in [-0.25, -0.2) is 4.39 Å². The molecule has 0 bridgehead atoms. The monoisotopic (exact) mass is 236 g/mol. The van der Waals surface area contributed by atoms with Gasteiger partial charge in [-0.2, -0.15) is 0 Å². The summed E-state index contributed by atoms with van der Waals surface area (Å²) in [6, 6.07) is 0. The second-order valence-corrected chi connectivity index (χ2v) is 6.09. The van der Waals surface area contributed by atoms with E-state index < -0.39 is 17.4 Å². The summed E-state index contributed by atoms with van der Waals surface area (Å²) in [5.41, 5.74) is -0.252. The van der Waals surface area contributed by atoms with Gasteiger partial charge in [-0.3, -0.25) is 4.79 Å². The van der Waals surface area contributed by atoms with Crippen LogP contribution in [0.3, 0.4) is 0 Å². The molecule has 0 aliphatic carbocycles. The molecule has 0 rings (SSSR count). The zero-order valence-electron chi connectivity index (χ0n) is 9.92. The largest absolute Gasteiger partial charge is 0.480 e. The number of hydrogen-bond acceptors (Lipinski definition) is 2. The molecule has 4 heteroatoms. The lowest BCUT2D eigenvalue weighted by Crippen LogP contribution is -2.31. The number of carboxylic acid groups (broad SMARTS) is 1. The maximum absolute atomic E-state index is 12.5. The van der Waals surface area contributed by atoms with E-state index in [2.05, 4.69) is 0 Å². The van der Waals surface area contributed by atoms with E-state index in [-0.39, 0.29) is 5.41 Å². The summed E-state index contributed by atoms with van der Waals surface area (Å²) in [5, 5.41) is 8.61. The van der Waals surface area contributed by atoms with Crippen molar-refractivity contribution in [2.24, 2.45) is 5.41 Å². The molecule has 0 aliphatic rings. The molecule has 0 amide bonds. The molecule has 0 aromatic carbocycles. The molecule has 0 saturated carbocycles. The lowest BCUT2D eigenvalue weighted by molar-refractivity contribution is -0.138. The molecular weight excluding hydrogens is 215 g/mol. The number of carbonyl (C=O) groups is 1. The molecule has 0 saturated heterocycles. The van der Waals surface area contributed by atoms with Crippen LogP contribution in [0.1, 0.15) is 40.5 Å². The maximum Gasteiger partial charge on any atom is 0.317 e. The van der Waals surface area contributed by atoms with Gasteiger partial charge in [-0.15, -0.1) is 11.8 Å². The van der Waals surface area contributed by atoms with E-state index in [1.807, 2.05) is 20.8 Å². The van der Waals surface area contributed by atoms with Gasteiger partial charge in [0.15, 0.2) is 0 Å². The highest BCUT2D eigenvalue weighted by Gasteiger charge is 2.31. The first kappa shape index (κ1) is 14.8.